The maximum absolute atomic E-state index is 5.63. The van der Waals surface area contributed by atoms with Crippen LogP contribution in [0.25, 0.3) is 10.9 Å². The molecule has 3 heteroatoms. The fourth-order valence-corrected chi connectivity index (χ4v) is 1.68. The molecule has 0 radical (unpaired) electrons. The minimum absolute atomic E-state index is 0.484. The van der Waals surface area contributed by atoms with Gasteiger partial charge in [0.05, 0.1) is 11.7 Å². The molecular formula is C12H15N3. The van der Waals surface area contributed by atoms with Gasteiger partial charge in [-0.1, -0.05) is 25.1 Å². The smallest absolute Gasteiger partial charge is 0.0932 e. The van der Waals surface area contributed by atoms with E-state index in [9.17, 15) is 0 Å². The zero-order valence-electron chi connectivity index (χ0n) is 8.85. The van der Waals surface area contributed by atoms with Crippen molar-refractivity contribution in [3.63, 3.8) is 0 Å². The Hall–Kier alpha value is -1.48. The molecular weight excluding hydrogens is 186 g/mol. The van der Waals surface area contributed by atoms with Gasteiger partial charge in [-0.05, 0) is 30.5 Å². The summed E-state index contributed by atoms with van der Waals surface area (Å²) in [6.45, 7) is 2.85. The van der Waals surface area contributed by atoms with E-state index in [4.69, 9.17) is 5.73 Å². The second-order valence-electron chi connectivity index (χ2n) is 3.93. The van der Waals surface area contributed by atoms with Crippen LogP contribution in [0.5, 0.6) is 0 Å². The van der Waals surface area contributed by atoms with Gasteiger partial charge < -0.3 is 5.73 Å². The highest BCUT2D eigenvalue weighted by Crippen LogP contribution is 2.17. The Labute approximate surface area is 89.3 Å². The van der Waals surface area contributed by atoms with Crippen molar-refractivity contribution in [2.24, 2.45) is 11.7 Å². The molecule has 78 valence electrons. The van der Waals surface area contributed by atoms with Crippen LogP contribution in [0.4, 0.5) is 0 Å². The van der Waals surface area contributed by atoms with Crippen LogP contribution >= 0.6 is 0 Å². The third kappa shape index (κ3) is 2.13. The molecule has 2 aromatic rings. The standard InChI is InChI=1S/C12H15N3/c1-9(7-13)6-10-8-14-15-12-5-3-2-4-11(10)12/h2-5,8-9H,6-7,13H2,1H3. The van der Waals surface area contributed by atoms with E-state index in [0.29, 0.717) is 12.5 Å². The van der Waals surface area contributed by atoms with Crippen molar-refractivity contribution in [1.29, 1.82) is 0 Å². The Kier molecular flexibility index (Phi) is 2.92. The number of benzene rings is 1. The lowest BCUT2D eigenvalue weighted by Gasteiger charge is -2.09. The molecule has 3 nitrogen and oxygen atoms in total. The topological polar surface area (TPSA) is 51.8 Å². The van der Waals surface area contributed by atoms with Gasteiger partial charge in [-0.3, -0.25) is 0 Å². The number of nitrogens with zero attached hydrogens (tertiary/aromatic N) is 2. The Bertz CT molecular complexity index is 448. The van der Waals surface area contributed by atoms with Gasteiger partial charge in [-0.2, -0.15) is 10.2 Å². The van der Waals surface area contributed by atoms with Gasteiger partial charge in [0, 0.05) is 5.39 Å². The normalized spacial score (nSPS) is 12.9. The SMILES string of the molecule is CC(CN)Cc1cnnc2ccccc12. The molecule has 0 aliphatic carbocycles. The van der Waals surface area contributed by atoms with E-state index in [1.165, 1.54) is 10.9 Å². The second-order valence-corrected chi connectivity index (χ2v) is 3.93. The van der Waals surface area contributed by atoms with E-state index in [0.717, 1.165) is 11.9 Å². The van der Waals surface area contributed by atoms with Gasteiger partial charge in [0.1, 0.15) is 0 Å². The fourth-order valence-electron chi connectivity index (χ4n) is 1.68. The highest BCUT2D eigenvalue weighted by atomic mass is 15.1. The van der Waals surface area contributed by atoms with E-state index in [2.05, 4.69) is 23.2 Å². The lowest BCUT2D eigenvalue weighted by molar-refractivity contribution is 0.593. The molecule has 2 N–H and O–H groups in total. The molecule has 2 rings (SSSR count). The van der Waals surface area contributed by atoms with Gasteiger partial charge in [-0.15, -0.1) is 0 Å². The summed E-state index contributed by atoms with van der Waals surface area (Å²) < 4.78 is 0. The van der Waals surface area contributed by atoms with Crippen LogP contribution in [-0.4, -0.2) is 16.7 Å². The van der Waals surface area contributed by atoms with Gasteiger partial charge in [0.15, 0.2) is 0 Å². The van der Waals surface area contributed by atoms with E-state index >= 15 is 0 Å². The average molecular weight is 201 g/mol. The van der Waals surface area contributed by atoms with Gasteiger partial charge in [-0.25, -0.2) is 0 Å². The molecule has 1 heterocycles. The molecule has 0 fully saturated rings. The lowest BCUT2D eigenvalue weighted by Crippen LogP contribution is -2.13. The van der Waals surface area contributed by atoms with Crippen molar-refractivity contribution < 1.29 is 0 Å². The number of aromatic nitrogens is 2. The largest absolute Gasteiger partial charge is 0.330 e. The Morgan fingerprint density at radius 1 is 1.33 bits per heavy atom. The Balaban J connectivity index is 2.42. The van der Waals surface area contributed by atoms with E-state index in [-0.39, 0.29) is 0 Å². The zero-order valence-corrected chi connectivity index (χ0v) is 8.85. The van der Waals surface area contributed by atoms with E-state index in [1.807, 2.05) is 24.4 Å². The van der Waals surface area contributed by atoms with Crippen LogP contribution in [0, 0.1) is 5.92 Å². The van der Waals surface area contributed by atoms with Crippen LogP contribution in [0.3, 0.4) is 0 Å². The number of nitrogens with two attached hydrogens (primary N) is 1. The molecule has 0 saturated heterocycles. The number of hydrogen-bond acceptors (Lipinski definition) is 3. The first-order valence-electron chi connectivity index (χ1n) is 5.20. The summed E-state index contributed by atoms with van der Waals surface area (Å²) in [7, 11) is 0. The van der Waals surface area contributed by atoms with Crippen molar-refractivity contribution in [2.45, 2.75) is 13.3 Å². The van der Waals surface area contributed by atoms with Gasteiger partial charge in [0.25, 0.3) is 0 Å². The van der Waals surface area contributed by atoms with E-state index < -0.39 is 0 Å². The van der Waals surface area contributed by atoms with Crippen LogP contribution in [0.1, 0.15) is 12.5 Å². The average Bonchev–Trinajstić information content (AvgIpc) is 2.29. The van der Waals surface area contributed by atoms with Crippen LogP contribution in [0.2, 0.25) is 0 Å². The van der Waals surface area contributed by atoms with Crippen molar-refractivity contribution in [3.8, 4) is 0 Å². The molecule has 0 saturated carbocycles. The van der Waals surface area contributed by atoms with Crippen LogP contribution in [0.15, 0.2) is 30.5 Å². The first-order valence-corrected chi connectivity index (χ1v) is 5.20. The van der Waals surface area contributed by atoms with Crippen molar-refractivity contribution in [2.75, 3.05) is 6.54 Å². The molecule has 0 aliphatic rings. The number of fused-ring (bicyclic) bond motifs is 1. The third-order valence-electron chi connectivity index (χ3n) is 2.60. The summed E-state index contributed by atoms with van der Waals surface area (Å²) in [5.41, 5.74) is 7.82. The molecule has 0 spiro atoms. The summed E-state index contributed by atoms with van der Waals surface area (Å²) in [6.07, 6.45) is 2.81. The number of rotatable bonds is 3. The first kappa shape index (κ1) is 10.1. The molecule has 1 aromatic carbocycles. The molecule has 1 unspecified atom stereocenters. The van der Waals surface area contributed by atoms with Gasteiger partial charge >= 0.3 is 0 Å². The second kappa shape index (κ2) is 4.36. The van der Waals surface area contributed by atoms with Gasteiger partial charge in [0.2, 0.25) is 0 Å². The Morgan fingerprint density at radius 2 is 2.13 bits per heavy atom. The molecule has 0 bridgehead atoms. The lowest BCUT2D eigenvalue weighted by atomic mass is 9.99. The first-order chi connectivity index (χ1) is 7.31. The molecule has 15 heavy (non-hydrogen) atoms. The van der Waals surface area contributed by atoms with Crippen LogP contribution in [-0.2, 0) is 6.42 Å². The van der Waals surface area contributed by atoms with Crippen LogP contribution < -0.4 is 5.73 Å². The molecule has 0 amide bonds. The highest BCUT2D eigenvalue weighted by Gasteiger charge is 2.06. The quantitative estimate of drug-likeness (QED) is 0.823. The van der Waals surface area contributed by atoms with Crippen molar-refractivity contribution in [1.82, 2.24) is 10.2 Å². The summed E-state index contributed by atoms with van der Waals surface area (Å²) >= 11 is 0. The molecule has 1 atom stereocenters. The summed E-state index contributed by atoms with van der Waals surface area (Å²) in [5, 5.41) is 9.29. The minimum Gasteiger partial charge on any atom is -0.330 e. The predicted octanol–water partition coefficient (Wildman–Crippen LogP) is 1.77. The van der Waals surface area contributed by atoms with Crippen molar-refractivity contribution in [3.05, 3.63) is 36.0 Å². The fraction of sp³-hybridized carbons (Fsp3) is 0.333. The summed E-state index contributed by atoms with van der Waals surface area (Å²) in [4.78, 5) is 0. The predicted molar refractivity (Wildman–Crippen MR) is 61.5 cm³/mol. The third-order valence-corrected chi connectivity index (χ3v) is 2.60. The van der Waals surface area contributed by atoms with Crippen molar-refractivity contribution >= 4 is 10.9 Å². The number of hydrogen-bond donors (Lipinski definition) is 1. The summed E-state index contributed by atoms with van der Waals surface area (Å²) in [5.74, 6) is 0.484. The molecule has 1 aromatic heterocycles. The minimum atomic E-state index is 0.484. The maximum atomic E-state index is 5.63. The molecule has 0 aliphatic heterocycles. The monoisotopic (exact) mass is 201 g/mol. The summed E-state index contributed by atoms with van der Waals surface area (Å²) in [6, 6.07) is 8.08. The Morgan fingerprint density at radius 3 is 2.93 bits per heavy atom. The zero-order chi connectivity index (χ0) is 10.7. The van der Waals surface area contributed by atoms with E-state index in [1.54, 1.807) is 0 Å². The maximum Gasteiger partial charge on any atom is 0.0932 e. The highest BCUT2D eigenvalue weighted by molar-refractivity contribution is 5.81.